The first-order chi connectivity index (χ1) is 14.6. The zero-order valence-electron chi connectivity index (χ0n) is 17.1. The Labute approximate surface area is 179 Å². The quantitative estimate of drug-likeness (QED) is 0.642. The number of piperazine rings is 1. The highest BCUT2D eigenvalue weighted by molar-refractivity contribution is 7.18. The molecule has 1 aliphatic carbocycles. The lowest BCUT2D eigenvalue weighted by Crippen LogP contribution is -2.51. The largest absolute Gasteiger partial charge is 0.383 e. The fourth-order valence-corrected chi connectivity index (χ4v) is 5.36. The van der Waals surface area contributed by atoms with Crippen molar-refractivity contribution in [3.8, 4) is 0 Å². The molecule has 0 aromatic carbocycles. The predicted octanol–water partition coefficient (Wildman–Crippen LogP) is 0.608. The number of hydrogen-bond acceptors (Lipinski definition) is 6. The summed E-state index contributed by atoms with van der Waals surface area (Å²) < 4.78 is 34.3. The monoisotopic (exact) mass is 456 g/mol. The Morgan fingerprint density at radius 2 is 1.94 bits per heavy atom. The van der Waals surface area contributed by atoms with Crippen LogP contribution < -0.4 is 16.6 Å². The molecule has 0 spiro atoms. The Balaban J connectivity index is 1.83. The van der Waals surface area contributed by atoms with Crippen LogP contribution in [0.4, 0.5) is 8.78 Å². The molecule has 31 heavy (non-hydrogen) atoms. The minimum Gasteiger partial charge on any atom is -0.383 e. The van der Waals surface area contributed by atoms with Crippen molar-refractivity contribution in [2.45, 2.75) is 44.8 Å². The van der Waals surface area contributed by atoms with E-state index in [4.69, 9.17) is 4.74 Å². The van der Waals surface area contributed by atoms with Crippen molar-refractivity contribution in [2.24, 2.45) is 0 Å². The Morgan fingerprint density at radius 3 is 2.58 bits per heavy atom. The summed E-state index contributed by atoms with van der Waals surface area (Å²) in [5, 5.41) is 2.75. The molecule has 1 aliphatic heterocycles. The summed E-state index contributed by atoms with van der Waals surface area (Å²) in [4.78, 5) is 52.5. The Hall–Kier alpha value is -2.60. The van der Waals surface area contributed by atoms with Gasteiger partial charge in [0.15, 0.2) is 0 Å². The maximum atomic E-state index is 13.5. The van der Waals surface area contributed by atoms with Crippen molar-refractivity contribution in [1.29, 1.82) is 0 Å². The van der Waals surface area contributed by atoms with Crippen LogP contribution in [0.1, 0.15) is 29.3 Å². The number of nitrogens with zero attached hydrogens (tertiary/aromatic N) is 3. The van der Waals surface area contributed by atoms with Crippen molar-refractivity contribution < 1.29 is 23.1 Å². The van der Waals surface area contributed by atoms with Crippen LogP contribution in [0.25, 0.3) is 10.2 Å². The number of rotatable bonds is 6. The average molecular weight is 456 g/mol. The van der Waals surface area contributed by atoms with Gasteiger partial charge in [-0.15, -0.1) is 11.3 Å². The first-order valence-electron chi connectivity index (χ1n) is 9.86. The summed E-state index contributed by atoms with van der Waals surface area (Å²) in [6.07, 6.45) is -1.10. The van der Waals surface area contributed by atoms with Crippen molar-refractivity contribution in [3.63, 3.8) is 0 Å². The first-order valence-corrected chi connectivity index (χ1v) is 10.7. The number of thiophene rings is 1. The van der Waals surface area contributed by atoms with Crippen LogP contribution in [0.2, 0.25) is 0 Å². The maximum absolute atomic E-state index is 13.5. The van der Waals surface area contributed by atoms with Gasteiger partial charge in [0.05, 0.1) is 31.1 Å². The number of carbonyl (C=O) groups excluding carboxylic acids is 2. The lowest BCUT2D eigenvalue weighted by Gasteiger charge is -2.35. The third-order valence-corrected chi connectivity index (χ3v) is 7.08. The molecule has 2 aromatic rings. The third kappa shape index (κ3) is 3.67. The number of aromatic nitrogens is 2. The van der Waals surface area contributed by atoms with Crippen LogP contribution in [0.3, 0.4) is 0 Å². The van der Waals surface area contributed by atoms with Crippen LogP contribution in [0, 0.1) is 6.92 Å². The lowest BCUT2D eigenvalue weighted by molar-refractivity contribution is -0.148. The molecule has 168 valence electrons. The molecule has 1 saturated carbocycles. The highest BCUT2D eigenvalue weighted by Gasteiger charge is 2.47. The molecule has 1 N–H and O–H groups in total. The van der Waals surface area contributed by atoms with Crippen LogP contribution in [-0.2, 0) is 27.4 Å². The van der Waals surface area contributed by atoms with Gasteiger partial charge in [-0.3, -0.25) is 23.5 Å². The van der Waals surface area contributed by atoms with Crippen LogP contribution in [0.15, 0.2) is 9.59 Å². The molecule has 4 rings (SSSR count). The minimum absolute atomic E-state index is 0.122. The Morgan fingerprint density at radius 1 is 1.23 bits per heavy atom. The fourth-order valence-electron chi connectivity index (χ4n) is 4.02. The highest BCUT2D eigenvalue weighted by Crippen LogP contribution is 2.44. The number of halogens is 2. The second-order valence-electron chi connectivity index (χ2n) is 7.83. The number of nitrogens with one attached hydrogen (secondary N) is 1. The van der Waals surface area contributed by atoms with Gasteiger partial charge in [0.2, 0.25) is 0 Å². The third-order valence-electron chi connectivity index (χ3n) is 5.78. The smallest absolute Gasteiger partial charge is 0.332 e. The average Bonchev–Trinajstić information content (AvgIpc) is 3.00. The SMILES string of the molecule is COCCn1c(=O)n(C2CC(F)(F)C2)c(=O)c2c(C)c(CN3CCNC(=O)C3=O)sc21. The first kappa shape index (κ1) is 21.6. The number of ether oxygens (including phenoxy) is 1. The van der Waals surface area contributed by atoms with E-state index in [2.05, 4.69) is 5.32 Å². The molecule has 2 fully saturated rings. The van der Waals surface area contributed by atoms with E-state index >= 15 is 0 Å². The van der Waals surface area contributed by atoms with Gasteiger partial charge in [0, 0.05) is 37.9 Å². The molecular weight excluding hydrogens is 434 g/mol. The van der Waals surface area contributed by atoms with Crippen molar-refractivity contribution >= 4 is 33.4 Å². The van der Waals surface area contributed by atoms with Gasteiger partial charge in [-0.1, -0.05) is 0 Å². The number of methoxy groups -OCH3 is 1. The molecule has 0 radical (unpaired) electrons. The zero-order valence-corrected chi connectivity index (χ0v) is 17.9. The number of amides is 2. The van der Waals surface area contributed by atoms with E-state index in [0.29, 0.717) is 28.4 Å². The highest BCUT2D eigenvalue weighted by atomic mass is 32.1. The summed E-state index contributed by atoms with van der Waals surface area (Å²) in [7, 11) is 1.48. The summed E-state index contributed by atoms with van der Waals surface area (Å²) in [5.74, 6) is -4.23. The minimum atomic E-state index is -2.88. The van der Waals surface area contributed by atoms with Crippen molar-refractivity contribution in [3.05, 3.63) is 31.3 Å². The second-order valence-corrected chi connectivity index (χ2v) is 8.92. The summed E-state index contributed by atoms with van der Waals surface area (Å²) in [5.41, 5.74) is -0.664. The van der Waals surface area contributed by atoms with Gasteiger partial charge in [0.1, 0.15) is 4.83 Å². The molecule has 3 heterocycles. The van der Waals surface area contributed by atoms with Crippen molar-refractivity contribution in [2.75, 3.05) is 26.8 Å². The summed E-state index contributed by atoms with van der Waals surface area (Å²) in [6.45, 7) is 2.84. The molecule has 2 aromatic heterocycles. The molecule has 2 amide bonds. The number of alkyl halides is 2. The molecule has 0 unspecified atom stereocenters. The number of fused-ring (bicyclic) bond motifs is 1. The van der Waals surface area contributed by atoms with Gasteiger partial charge >= 0.3 is 17.5 Å². The van der Waals surface area contributed by atoms with Gasteiger partial charge in [-0.25, -0.2) is 13.6 Å². The predicted molar refractivity (Wildman–Crippen MR) is 109 cm³/mol. The van der Waals surface area contributed by atoms with Crippen LogP contribution in [-0.4, -0.2) is 58.6 Å². The summed E-state index contributed by atoms with van der Waals surface area (Å²) >= 11 is 1.19. The van der Waals surface area contributed by atoms with E-state index in [1.165, 1.54) is 27.9 Å². The Bertz CT molecular complexity index is 1180. The number of carbonyl (C=O) groups is 2. The van der Waals surface area contributed by atoms with E-state index in [1.807, 2.05) is 0 Å². The number of hydrogen-bond donors (Lipinski definition) is 1. The maximum Gasteiger partial charge on any atom is 0.332 e. The molecule has 0 atom stereocenters. The zero-order chi connectivity index (χ0) is 22.5. The van der Waals surface area contributed by atoms with Crippen LogP contribution in [0.5, 0.6) is 0 Å². The van der Waals surface area contributed by atoms with Gasteiger partial charge in [0.25, 0.3) is 11.5 Å². The standard InChI is InChI=1S/C19H22F2N4O5S/c1-10-12(9-23-4-3-22-14(26)16(23)28)31-17-13(10)15(27)25(11-7-19(20,21)8-11)18(29)24(17)5-6-30-2/h11H,3-9H2,1-2H3,(H,22,26). The molecule has 0 bridgehead atoms. The van der Waals surface area contributed by atoms with Crippen molar-refractivity contribution in [1.82, 2.24) is 19.4 Å². The molecular formula is C19H22F2N4O5S. The molecule has 1 saturated heterocycles. The number of aryl methyl sites for hydroxylation is 1. The molecule has 9 nitrogen and oxygen atoms in total. The van der Waals surface area contributed by atoms with Gasteiger partial charge < -0.3 is 15.0 Å². The fraction of sp³-hybridized carbons (Fsp3) is 0.579. The topological polar surface area (TPSA) is 103 Å². The van der Waals surface area contributed by atoms with Crippen LogP contribution >= 0.6 is 11.3 Å². The normalized spacial score (nSPS) is 19.0. The van der Waals surface area contributed by atoms with E-state index in [0.717, 1.165) is 4.57 Å². The van der Waals surface area contributed by atoms with E-state index in [9.17, 15) is 28.0 Å². The summed E-state index contributed by atoms with van der Waals surface area (Å²) in [6, 6.07) is -0.858. The van der Waals surface area contributed by atoms with E-state index in [-0.39, 0.29) is 25.1 Å². The molecule has 2 aliphatic rings. The second kappa shape index (κ2) is 7.83. The molecule has 12 heteroatoms. The Kier molecular flexibility index (Phi) is 5.46. The van der Waals surface area contributed by atoms with Gasteiger partial charge in [-0.05, 0) is 12.5 Å². The lowest BCUT2D eigenvalue weighted by atomic mass is 9.88. The van der Waals surface area contributed by atoms with E-state index in [1.54, 1.807) is 6.92 Å². The van der Waals surface area contributed by atoms with Gasteiger partial charge in [-0.2, -0.15) is 0 Å². The van der Waals surface area contributed by atoms with E-state index < -0.39 is 47.9 Å².